The lowest BCUT2D eigenvalue weighted by molar-refractivity contribution is -0.167. The highest BCUT2D eigenvalue weighted by Gasteiger charge is 2.43. The number of ether oxygens (including phenoxy) is 2. The Morgan fingerprint density at radius 2 is 1.87 bits per heavy atom. The number of Topliss-reactive ketones (excluding diaryl/α,β-unsaturated/α-hetero) is 1. The van der Waals surface area contributed by atoms with Gasteiger partial charge in [0.2, 0.25) is 0 Å². The Morgan fingerprint density at radius 1 is 1.26 bits per heavy atom. The van der Waals surface area contributed by atoms with Crippen LogP contribution in [-0.4, -0.2) is 36.2 Å². The quantitative estimate of drug-likeness (QED) is 0.728. The molecule has 1 aliphatic rings. The third-order valence-electron chi connectivity index (χ3n) is 4.25. The van der Waals surface area contributed by atoms with E-state index in [1.807, 2.05) is 48.5 Å². The van der Waals surface area contributed by atoms with Crippen molar-refractivity contribution < 1.29 is 19.1 Å². The number of nitrogens with one attached hydrogen (secondary N) is 1. The van der Waals surface area contributed by atoms with Crippen LogP contribution in [0.3, 0.4) is 0 Å². The molecule has 0 bridgehead atoms. The van der Waals surface area contributed by atoms with Crippen molar-refractivity contribution in [1.82, 2.24) is 5.32 Å². The largest absolute Gasteiger partial charge is 0.460 e. The van der Waals surface area contributed by atoms with Crippen LogP contribution in [0.1, 0.15) is 67.7 Å². The maximum atomic E-state index is 12.8. The second kappa shape index (κ2) is 7.75. The molecule has 134 valence electrons. The molecule has 1 rings (SSSR count). The van der Waals surface area contributed by atoms with E-state index in [4.69, 9.17) is 9.47 Å². The first kappa shape index (κ1) is 20.1. The van der Waals surface area contributed by atoms with Crippen LogP contribution in [0.15, 0.2) is 0 Å². The third-order valence-corrected chi connectivity index (χ3v) is 4.25. The molecule has 1 aliphatic heterocycles. The van der Waals surface area contributed by atoms with E-state index in [0.717, 1.165) is 6.42 Å². The van der Waals surface area contributed by atoms with Crippen molar-refractivity contribution in [3.63, 3.8) is 0 Å². The molecule has 3 atom stereocenters. The molecule has 23 heavy (non-hydrogen) atoms. The minimum atomic E-state index is -0.769. The summed E-state index contributed by atoms with van der Waals surface area (Å²) in [6, 6.07) is 0.258. The van der Waals surface area contributed by atoms with Crippen LogP contribution in [0, 0.1) is 11.3 Å². The van der Waals surface area contributed by atoms with Crippen LogP contribution in [0.2, 0.25) is 0 Å². The molecule has 5 heteroatoms. The van der Waals surface area contributed by atoms with Crippen molar-refractivity contribution in [2.45, 2.75) is 85.6 Å². The van der Waals surface area contributed by atoms with E-state index in [9.17, 15) is 9.59 Å². The van der Waals surface area contributed by atoms with E-state index in [1.54, 1.807) is 0 Å². The Hall–Kier alpha value is -0.940. The first-order chi connectivity index (χ1) is 10.5. The van der Waals surface area contributed by atoms with Crippen molar-refractivity contribution in [1.29, 1.82) is 0 Å². The molecule has 1 fully saturated rings. The molecule has 0 amide bonds. The highest BCUT2D eigenvalue weighted by atomic mass is 16.6. The lowest BCUT2D eigenvalue weighted by Crippen LogP contribution is -2.43. The Labute approximate surface area is 140 Å². The summed E-state index contributed by atoms with van der Waals surface area (Å²) >= 11 is 0. The van der Waals surface area contributed by atoms with E-state index in [2.05, 4.69) is 5.32 Å². The molecule has 0 spiro atoms. The van der Waals surface area contributed by atoms with Gasteiger partial charge >= 0.3 is 5.97 Å². The smallest absolute Gasteiger partial charge is 0.310 e. The highest BCUT2D eigenvalue weighted by molar-refractivity contribution is 5.90. The van der Waals surface area contributed by atoms with Gasteiger partial charge < -0.3 is 9.47 Å². The van der Waals surface area contributed by atoms with Crippen LogP contribution in [-0.2, 0) is 19.1 Å². The molecule has 0 radical (unpaired) electrons. The zero-order valence-corrected chi connectivity index (χ0v) is 15.7. The van der Waals surface area contributed by atoms with Gasteiger partial charge in [-0.25, -0.2) is 0 Å². The summed E-state index contributed by atoms with van der Waals surface area (Å²) in [5, 5.41) is 3.24. The van der Waals surface area contributed by atoms with Crippen LogP contribution < -0.4 is 5.32 Å². The second-order valence-corrected chi connectivity index (χ2v) is 8.11. The molecule has 0 aromatic rings. The van der Waals surface area contributed by atoms with Gasteiger partial charge in [0.1, 0.15) is 17.6 Å². The molecule has 5 nitrogen and oxygen atoms in total. The number of carbonyl (C=O) groups excluding carboxylic acids is 2. The monoisotopic (exact) mass is 327 g/mol. The van der Waals surface area contributed by atoms with E-state index in [1.165, 1.54) is 0 Å². The van der Waals surface area contributed by atoms with Crippen LogP contribution in [0.25, 0.3) is 0 Å². The minimum Gasteiger partial charge on any atom is -0.460 e. The predicted octanol–water partition coefficient (Wildman–Crippen LogP) is 3.06. The zero-order valence-electron chi connectivity index (χ0n) is 15.7. The standard InChI is InChI=1S/C18H33NO4/c1-8-9-13(16(21)23-17(3,4)5)18(6,7)14(20)10-15-19-12(2)11-22-15/h12-13,15,19H,8-11H2,1-7H3. The number of hydrogen-bond donors (Lipinski definition) is 1. The van der Waals surface area contributed by atoms with E-state index >= 15 is 0 Å². The third kappa shape index (κ3) is 5.88. The van der Waals surface area contributed by atoms with Gasteiger partial charge in [-0.05, 0) is 34.1 Å². The summed E-state index contributed by atoms with van der Waals surface area (Å²) in [5.41, 5.74) is -1.32. The summed E-state index contributed by atoms with van der Waals surface area (Å²) in [7, 11) is 0. The fourth-order valence-corrected chi connectivity index (χ4v) is 2.85. The SMILES string of the molecule is CCCC(C(=O)OC(C)(C)C)C(C)(C)C(=O)CC1NC(C)CO1. The number of rotatable bonds is 7. The molecular weight excluding hydrogens is 294 g/mol. The Balaban J connectivity index is 2.81. The highest BCUT2D eigenvalue weighted by Crippen LogP contribution is 2.35. The van der Waals surface area contributed by atoms with Gasteiger partial charge in [0.05, 0.1) is 12.5 Å². The van der Waals surface area contributed by atoms with Crippen LogP contribution in [0.5, 0.6) is 0 Å². The number of hydrogen-bond acceptors (Lipinski definition) is 5. The fourth-order valence-electron chi connectivity index (χ4n) is 2.85. The summed E-state index contributed by atoms with van der Waals surface area (Å²) in [6.07, 6.45) is 1.50. The molecule has 1 saturated heterocycles. The summed E-state index contributed by atoms with van der Waals surface area (Å²) in [6.45, 7) is 13.9. The fraction of sp³-hybridized carbons (Fsp3) is 0.889. The number of carbonyl (C=O) groups is 2. The lowest BCUT2D eigenvalue weighted by atomic mass is 9.72. The van der Waals surface area contributed by atoms with Crippen molar-refractivity contribution in [3.8, 4) is 0 Å². The van der Waals surface area contributed by atoms with Gasteiger partial charge in [0.25, 0.3) is 0 Å². The molecule has 1 heterocycles. The van der Waals surface area contributed by atoms with Crippen molar-refractivity contribution >= 4 is 11.8 Å². The van der Waals surface area contributed by atoms with Crippen molar-refractivity contribution in [2.75, 3.05) is 6.61 Å². The van der Waals surface area contributed by atoms with Gasteiger partial charge in [-0.1, -0.05) is 27.2 Å². The molecule has 0 aromatic carbocycles. The number of esters is 1. The van der Waals surface area contributed by atoms with Gasteiger partial charge in [0.15, 0.2) is 0 Å². The van der Waals surface area contributed by atoms with Crippen molar-refractivity contribution in [2.24, 2.45) is 11.3 Å². The average Bonchev–Trinajstić information content (AvgIpc) is 2.78. The number of ketones is 1. The average molecular weight is 327 g/mol. The van der Waals surface area contributed by atoms with Gasteiger partial charge in [-0.3, -0.25) is 14.9 Å². The Kier molecular flexibility index (Phi) is 6.78. The maximum absolute atomic E-state index is 12.8. The van der Waals surface area contributed by atoms with E-state index < -0.39 is 16.9 Å². The summed E-state index contributed by atoms with van der Waals surface area (Å²) in [5.74, 6) is -0.683. The Bertz CT molecular complexity index is 425. The molecule has 3 unspecified atom stereocenters. The van der Waals surface area contributed by atoms with Gasteiger partial charge in [-0.15, -0.1) is 0 Å². The topological polar surface area (TPSA) is 64.6 Å². The maximum Gasteiger partial charge on any atom is 0.310 e. The lowest BCUT2D eigenvalue weighted by Gasteiger charge is -2.34. The van der Waals surface area contributed by atoms with Crippen molar-refractivity contribution in [3.05, 3.63) is 0 Å². The molecule has 1 N–H and O–H groups in total. The zero-order chi connectivity index (χ0) is 17.8. The minimum absolute atomic E-state index is 0.0356. The van der Waals surface area contributed by atoms with Gasteiger partial charge in [-0.2, -0.15) is 0 Å². The molecule has 0 saturated carbocycles. The molecular formula is C18H33NO4. The van der Waals surface area contributed by atoms with Crippen LogP contribution in [0.4, 0.5) is 0 Å². The first-order valence-corrected chi connectivity index (χ1v) is 8.61. The summed E-state index contributed by atoms with van der Waals surface area (Å²) < 4.78 is 11.1. The molecule has 0 aromatic heterocycles. The predicted molar refractivity (Wildman–Crippen MR) is 90.0 cm³/mol. The normalized spacial score (nSPS) is 23.6. The van der Waals surface area contributed by atoms with E-state index in [0.29, 0.717) is 13.0 Å². The first-order valence-electron chi connectivity index (χ1n) is 8.61. The second-order valence-electron chi connectivity index (χ2n) is 8.11. The summed E-state index contributed by atoms with van der Waals surface area (Å²) in [4.78, 5) is 25.4. The molecule has 0 aliphatic carbocycles. The Morgan fingerprint density at radius 3 is 2.30 bits per heavy atom. The van der Waals surface area contributed by atoms with Gasteiger partial charge in [0, 0.05) is 17.9 Å². The van der Waals surface area contributed by atoms with Crippen LogP contribution >= 0.6 is 0 Å². The van der Waals surface area contributed by atoms with E-state index in [-0.39, 0.29) is 30.4 Å².